The zero-order valence-electron chi connectivity index (χ0n) is 19.3. The van der Waals surface area contributed by atoms with Gasteiger partial charge in [-0.2, -0.15) is 0 Å². The molecule has 1 atom stereocenters. The van der Waals surface area contributed by atoms with Crippen molar-refractivity contribution >= 4 is 22.6 Å². The third-order valence-corrected chi connectivity index (χ3v) is 6.44. The number of hydrogen-bond donors (Lipinski definition) is 0. The van der Waals surface area contributed by atoms with Crippen LogP contribution in [0.5, 0.6) is 5.75 Å². The summed E-state index contributed by atoms with van der Waals surface area (Å²) in [4.78, 5) is 19.2. The predicted molar refractivity (Wildman–Crippen MR) is 132 cm³/mol. The Morgan fingerprint density at radius 3 is 2.59 bits per heavy atom. The molecule has 1 aromatic heterocycles. The van der Waals surface area contributed by atoms with E-state index in [0.29, 0.717) is 25.3 Å². The Hall–Kier alpha value is -3.67. The van der Waals surface area contributed by atoms with E-state index in [1.807, 2.05) is 30.3 Å². The van der Waals surface area contributed by atoms with Crippen molar-refractivity contribution < 1.29 is 13.9 Å². The summed E-state index contributed by atoms with van der Waals surface area (Å²) >= 11 is 0. The zero-order valence-corrected chi connectivity index (χ0v) is 19.3. The highest BCUT2D eigenvalue weighted by atomic mass is 19.1. The standard InChI is InChI=1S/C28H28FN3O2/c1-2-20-12-14-22(15-13-20)34-17-7-16-31-26-11-6-4-9-24(26)30-28(31)21-18-27(33)32(19-21)25-10-5-3-8-23(25)29/h3-6,8-15,21H,2,7,16-19H2,1H3. The molecule has 1 unspecified atom stereocenters. The lowest BCUT2D eigenvalue weighted by Gasteiger charge is -2.18. The van der Waals surface area contributed by atoms with Crippen LogP contribution in [0.25, 0.3) is 11.0 Å². The van der Waals surface area contributed by atoms with Crippen molar-refractivity contribution in [1.82, 2.24) is 9.55 Å². The van der Waals surface area contributed by atoms with Crippen LogP contribution in [0.2, 0.25) is 0 Å². The molecule has 1 amide bonds. The first-order chi connectivity index (χ1) is 16.6. The molecule has 4 aromatic rings. The lowest BCUT2D eigenvalue weighted by atomic mass is 10.1. The minimum Gasteiger partial charge on any atom is -0.494 e. The van der Waals surface area contributed by atoms with E-state index in [1.165, 1.54) is 11.6 Å². The molecule has 1 saturated heterocycles. The lowest BCUT2D eigenvalue weighted by molar-refractivity contribution is -0.117. The molecule has 1 aliphatic rings. The summed E-state index contributed by atoms with van der Waals surface area (Å²) in [5.41, 5.74) is 3.57. The molecule has 3 aromatic carbocycles. The highest BCUT2D eigenvalue weighted by Gasteiger charge is 2.35. The van der Waals surface area contributed by atoms with Gasteiger partial charge in [-0.3, -0.25) is 4.79 Å². The Morgan fingerprint density at radius 1 is 1.03 bits per heavy atom. The van der Waals surface area contributed by atoms with E-state index in [4.69, 9.17) is 9.72 Å². The highest BCUT2D eigenvalue weighted by molar-refractivity contribution is 5.96. The Morgan fingerprint density at radius 2 is 1.79 bits per heavy atom. The number of imidazole rings is 1. The normalized spacial score (nSPS) is 15.9. The summed E-state index contributed by atoms with van der Waals surface area (Å²) in [6.07, 6.45) is 2.13. The molecule has 34 heavy (non-hydrogen) atoms. The van der Waals surface area contributed by atoms with E-state index in [9.17, 15) is 9.18 Å². The number of benzene rings is 3. The van der Waals surface area contributed by atoms with Gasteiger partial charge in [0.25, 0.3) is 0 Å². The van der Waals surface area contributed by atoms with E-state index in [1.54, 1.807) is 23.1 Å². The van der Waals surface area contributed by atoms with E-state index in [0.717, 1.165) is 42.0 Å². The van der Waals surface area contributed by atoms with E-state index in [-0.39, 0.29) is 17.6 Å². The second-order valence-electron chi connectivity index (χ2n) is 8.67. The minimum atomic E-state index is -0.380. The lowest BCUT2D eigenvalue weighted by Crippen LogP contribution is -2.25. The van der Waals surface area contributed by atoms with Crippen LogP contribution in [-0.2, 0) is 17.8 Å². The third-order valence-electron chi connectivity index (χ3n) is 6.44. The van der Waals surface area contributed by atoms with Crippen LogP contribution in [-0.4, -0.2) is 28.6 Å². The second kappa shape index (κ2) is 9.67. The number of hydrogen-bond acceptors (Lipinski definition) is 3. The maximum atomic E-state index is 14.4. The molecule has 0 aliphatic carbocycles. The summed E-state index contributed by atoms with van der Waals surface area (Å²) in [5, 5.41) is 0. The second-order valence-corrected chi connectivity index (χ2v) is 8.67. The number of rotatable bonds is 8. The van der Waals surface area contributed by atoms with Crippen molar-refractivity contribution in [2.24, 2.45) is 0 Å². The van der Waals surface area contributed by atoms with Gasteiger partial charge in [-0.05, 0) is 54.8 Å². The van der Waals surface area contributed by atoms with Gasteiger partial charge in [0.1, 0.15) is 17.4 Å². The molecule has 5 rings (SSSR count). The van der Waals surface area contributed by atoms with E-state index < -0.39 is 0 Å². The van der Waals surface area contributed by atoms with Gasteiger partial charge >= 0.3 is 0 Å². The van der Waals surface area contributed by atoms with Gasteiger partial charge in [0, 0.05) is 25.4 Å². The third kappa shape index (κ3) is 4.40. The summed E-state index contributed by atoms with van der Waals surface area (Å²) in [6, 6.07) is 22.7. The van der Waals surface area contributed by atoms with Gasteiger partial charge in [-0.25, -0.2) is 9.37 Å². The first kappa shape index (κ1) is 22.1. The first-order valence-corrected chi connectivity index (χ1v) is 11.9. The number of ether oxygens (including phenoxy) is 1. The van der Waals surface area contributed by atoms with Crippen molar-refractivity contribution in [3.8, 4) is 5.75 Å². The number of para-hydroxylation sites is 3. The number of nitrogens with zero attached hydrogens (tertiary/aromatic N) is 3. The minimum absolute atomic E-state index is 0.0763. The Labute approximate surface area is 198 Å². The van der Waals surface area contributed by atoms with E-state index in [2.05, 4.69) is 29.7 Å². The Kier molecular flexibility index (Phi) is 6.30. The van der Waals surface area contributed by atoms with Crippen molar-refractivity contribution in [3.63, 3.8) is 0 Å². The van der Waals surface area contributed by atoms with Crippen LogP contribution in [0.1, 0.15) is 37.1 Å². The van der Waals surface area contributed by atoms with Gasteiger partial charge in [0.15, 0.2) is 0 Å². The molecule has 174 valence electrons. The average molecular weight is 458 g/mol. The number of anilines is 1. The van der Waals surface area contributed by atoms with Gasteiger partial charge in [-0.15, -0.1) is 0 Å². The molecule has 2 heterocycles. The fourth-order valence-corrected chi connectivity index (χ4v) is 4.66. The molecule has 5 nitrogen and oxygen atoms in total. The number of aryl methyl sites for hydroxylation is 2. The van der Waals surface area contributed by atoms with E-state index >= 15 is 0 Å². The van der Waals surface area contributed by atoms with Crippen molar-refractivity contribution in [2.45, 2.75) is 38.6 Å². The first-order valence-electron chi connectivity index (χ1n) is 11.9. The maximum absolute atomic E-state index is 14.4. The molecule has 0 N–H and O–H groups in total. The quantitative estimate of drug-likeness (QED) is 0.318. The predicted octanol–water partition coefficient (Wildman–Crippen LogP) is 5.73. The van der Waals surface area contributed by atoms with Gasteiger partial charge in [0.2, 0.25) is 5.91 Å². The molecule has 0 bridgehead atoms. The number of aromatic nitrogens is 2. The molecule has 0 radical (unpaired) electrons. The number of carbonyl (C=O) groups is 1. The molecule has 1 fully saturated rings. The molecular formula is C28H28FN3O2. The highest BCUT2D eigenvalue weighted by Crippen LogP contribution is 2.34. The maximum Gasteiger partial charge on any atom is 0.227 e. The van der Waals surface area contributed by atoms with Crippen LogP contribution >= 0.6 is 0 Å². The monoisotopic (exact) mass is 457 g/mol. The van der Waals surface area contributed by atoms with Gasteiger partial charge < -0.3 is 14.2 Å². The zero-order chi connectivity index (χ0) is 23.5. The van der Waals surface area contributed by atoms with Crippen molar-refractivity contribution in [3.05, 3.63) is 90.0 Å². The van der Waals surface area contributed by atoms with Gasteiger partial charge in [0.05, 0.1) is 23.3 Å². The molecule has 0 saturated carbocycles. The van der Waals surface area contributed by atoms with Crippen molar-refractivity contribution in [2.75, 3.05) is 18.1 Å². The summed E-state index contributed by atoms with van der Waals surface area (Å²) in [6.45, 7) is 3.87. The summed E-state index contributed by atoms with van der Waals surface area (Å²) in [7, 11) is 0. The fourth-order valence-electron chi connectivity index (χ4n) is 4.66. The van der Waals surface area contributed by atoms with Crippen molar-refractivity contribution in [1.29, 1.82) is 0 Å². The van der Waals surface area contributed by atoms with Crippen LogP contribution in [0.15, 0.2) is 72.8 Å². The molecule has 6 heteroatoms. The van der Waals surface area contributed by atoms with Crippen LogP contribution in [0, 0.1) is 5.82 Å². The number of halogens is 1. The largest absolute Gasteiger partial charge is 0.494 e. The molecule has 0 spiro atoms. The number of carbonyl (C=O) groups excluding carboxylic acids is 1. The SMILES string of the molecule is CCc1ccc(OCCCn2c(C3CC(=O)N(c4ccccc4F)C3)nc3ccccc32)cc1. The number of amides is 1. The molecular weight excluding hydrogens is 429 g/mol. The van der Waals surface area contributed by atoms with Crippen LogP contribution < -0.4 is 9.64 Å². The Bertz CT molecular complexity index is 1300. The van der Waals surface area contributed by atoms with Crippen LogP contribution in [0.3, 0.4) is 0 Å². The smallest absolute Gasteiger partial charge is 0.227 e. The number of fused-ring (bicyclic) bond motifs is 1. The molecule has 1 aliphatic heterocycles. The topological polar surface area (TPSA) is 47.4 Å². The summed E-state index contributed by atoms with van der Waals surface area (Å²) in [5.74, 6) is 1.19. The summed E-state index contributed by atoms with van der Waals surface area (Å²) < 4.78 is 22.5. The Balaban J connectivity index is 1.33. The van der Waals surface area contributed by atoms with Crippen LogP contribution in [0.4, 0.5) is 10.1 Å². The van der Waals surface area contributed by atoms with Gasteiger partial charge in [-0.1, -0.05) is 43.3 Å². The fraction of sp³-hybridized carbons (Fsp3) is 0.286. The average Bonchev–Trinajstić information content (AvgIpc) is 3.43.